The normalized spacial score (nSPS) is 13.7. The van der Waals surface area contributed by atoms with E-state index in [0.29, 0.717) is 44.0 Å². The number of halogens is 5. The largest absolute Gasteiger partial charge is 0.490 e. The van der Waals surface area contributed by atoms with Gasteiger partial charge in [0, 0.05) is 26.2 Å². The molecule has 17 heteroatoms. The average molecular weight is 583 g/mol. The lowest BCUT2D eigenvalue weighted by Crippen LogP contribution is -2.49. The minimum atomic E-state index is -5.08. The lowest BCUT2D eigenvalue weighted by molar-refractivity contribution is -0.192. The molecule has 0 saturated carbocycles. The van der Waals surface area contributed by atoms with E-state index in [2.05, 4.69) is 4.72 Å². The molecule has 0 atom stereocenters. The van der Waals surface area contributed by atoms with Crippen LogP contribution in [0.15, 0.2) is 41.3 Å². The van der Waals surface area contributed by atoms with Crippen molar-refractivity contribution in [3.05, 3.63) is 53.6 Å². The molecular weight excluding hydrogens is 561 g/mol. The van der Waals surface area contributed by atoms with Crippen molar-refractivity contribution in [3.63, 3.8) is 0 Å². The van der Waals surface area contributed by atoms with Crippen molar-refractivity contribution in [1.29, 1.82) is 0 Å². The number of amides is 1. The number of rotatable bonds is 6. The number of alkyl halides is 3. The highest BCUT2D eigenvalue weighted by Gasteiger charge is 2.38. The number of carbonyl (C=O) groups excluding carboxylic acids is 1. The highest BCUT2D eigenvalue weighted by molar-refractivity contribution is 7.92. The summed E-state index contributed by atoms with van der Waals surface area (Å²) in [4.78, 5) is 34.5. The van der Waals surface area contributed by atoms with Crippen molar-refractivity contribution in [2.75, 3.05) is 42.4 Å². The van der Waals surface area contributed by atoms with E-state index in [0.717, 1.165) is 12.1 Å². The van der Waals surface area contributed by atoms with E-state index >= 15 is 0 Å². The third-order valence-electron chi connectivity index (χ3n) is 5.06. The number of nitrogens with one attached hydrogen (secondary N) is 1. The van der Waals surface area contributed by atoms with Gasteiger partial charge in [0.2, 0.25) is 0 Å². The molecule has 1 aliphatic heterocycles. The first-order valence-electron chi connectivity index (χ1n) is 10.9. The predicted octanol–water partition coefficient (Wildman–Crippen LogP) is 3.38. The second kappa shape index (κ2) is 12.6. The Labute approximate surface area is 218 Å². The fourth-order valence-electron chi connectivity index (χ4n) is 3.25. The summed E-state index contributed by atoms with van der Waals surface area (Å²) in [5.74, 6) is -6.15. The Morgan fingerprint density at radius 2 is 1.59 bits per heavy atom. The van der Waals surface area contributed by atoms with Gasteiger partial charge in [0.05, 0.1) is 23.5 Å². The number of ether oxygens (including phenoxy) is 1. The Balaban J connectivity index is 0.000000673. The maximum Gasteiger partial charge on any atom is 0.490 e. The second-order valence-electron chi connectivity index (χ2n) is 7.69. The molecule has 2 aromatic rings. The van der Waals surface area contributed by atoms with Gasteiger partial charge in [0.15, 0.2) is 0 Å². The highest BCUT2D eigenvalue weighted by Crippen LogP contribution is 2.31. The number of carboxylic acids is 2. The Kier molecular flexibility index (Phi) is 10.0. The molecule has 0 spiro atoms. The van der Waals surface area contributed by atoms with Crippen LogP contribution in [0.25, 0.3) is 0 Å². The van der Waals surface area contributed by atoms with Gasteiger partial charge < -0.3 is 24.7 Å². The lowest BCUT2D eigenvalue weighted by Gasteiger charge is -2.36. The first-order chi connectivity index (χ1) is 18.1. The van der Waals surface area contributed by atoms with Gasteiger partial charge in [-0.05, 0) is 43.3 Å². The molecule has 1 aliphatic rings. The molecule has 1 saturated heterocycles. The van der Waals surface area contributed by atoms with E-state index in [-0.39, 0.29) is 17.9 Å². The first kappa shape index (κ1) is 31.1. The summed E-state index contributed by atoms with van der Waals surface area (Å²) in [6.45, 7) is 3.15. The summed E-state index contributed by atoms with van der Waals surface area (Å²) in [5, 5.41) is 16.4. The third-order valence-corrected chi connectivity index (χ3v) is 6.44. The van der Waals surface area contributed by atoms with E-state index in [1.165, 1.54) is 17.0 Å². The van der Waals surface area contributed by atoms with Crippen molar-refractivity contribution in [2.45, 2.75) is 18.0 Å². The van der Waals surface area contributed by atoms with E-state index in [9.17, 15) is 45.1 Å². The van der Waals surface area contributed by atoms with Gasteiger partial charge in [-0.25, -0.2) is 31.6 Å². The van der Waals surface area contributed by atoms with Crippen LogP contribution in [-0.2, 0) is 19.6 Å². The van der Waals surface area contributed by atoms with Crippen LogP contribution in [0.4, 0.5) is 38.1 Å². The van der Waals surface area contributed by atoms with E-state index in [4.69, 9.17) is 14.6 Å². The number of nitrogens with zero attached hydrogens (tertiary/aromatic N) is 2. The predicted molar refractivity (Wildman–Crippen MR) is 125 cm³/mol. The van der Waals surface area contributed by atoms with Crippen molar-refractivity contribution < 1.29 is 59.7 Å². The molecule has 3 N–H and O–H groups in total. The van der Waals surface area contributed by atoms with E-state index in [1.54, 1.807) is 11.8 Å². The molecule has 0 aromatic heterocycles. The topological polar surface area (TPSA) is 154 Å². The molecule has 0 unspecified atom stereocenters. The second-order valence-corrected chi connectivity index (χ2v) is 9.34. The summed E-state index contributed by atoms with van der Waals surface area (Å²) >= 11 is 0. The van der Waals surface area contributed by atoms with Crippen LogP contribution in [0, 0.1) is 11.6 Å². The van der Waals surface area contributed by atoms with Gasteiger partial charge in [0.1, 0.15) is 16.5 Å². The van der Waals surface area contributed by atoms with Crippen molar-refractivity contribution >= 4 is 39.4 Å². The monoisotopic (exact) mass is 583 g/mol. The van der Waals surface area contributed by atoms with Gasteiger partial charge in [-0.2, -0.15) is 13.2 Å². The maximum absolute atomic E-state index is 14.1. The number of carbonyl (C=O) groups is 3. The number of aliphatic carboxylic acids is 1. The zero-order valence-corrected chi connectivity index (χ0v) is 20.9. The number of hydrogen-bond donors (Lipinski definition) is 3. The van der Waals surface area contributed by atoms with Gasteiger partial charge >= 0.3 is 24.2 Å². The zero-order chi connectivity index (χ0) is 29.5. The molecule has 11 nitrogen and oxygen atoms in total. The van der Waals surface area contributed by atoms with Crippen molar-refractivity contribution in [1.82, 2.24) is 4.90 Å². The number of hydrogen-bond acceptors (Lipinski definition) is 7. The summed E-state index contributed by atoms with van der Waals surface area (Å²) in [6, 6.07) is 5.83. The van der Waals surface area contributed by atoms with Crippen LogP contribution in [-0.4, -0.2) is 80.5 Å². The number of anilines is 2. The minimum Gasteiger partial charge on any atom is -0.478 e. The van der Waals surface area contributed by atoms with Gasteiger partial charge in [-0.3, -0.25) is 4.72 Å². The van der Waals surface area contributed by atoms with Crippen LogP contribution < -0.4 is 9.62 Å². The van der Waals surface area contributed by atoms with Gasteiger partial charge in [0.25, 0.3) is 10.0 Å². The standard InChI is InChI=1S/C20H21F2N3O6S.C2HF3O2/c1-2-31-20(28)25-9-7-24(8-10-25)17-6-3-13(19(26)27)11-16(17)23-32(29,30)18-12-14(21)4-5-15(18)22;3-2(4,5)1(6)7/h3-6,11-12,23H,2,7-10H2,1H3,(H,26,27);(H,6,7). The lowest BCUT2D eigenvalue weighted by atomic mass is 10.1. The van der Waals surface area contributed by atoms with Crippen LogP contribution in [0.3, 0.4) is 0 Å². The summed E-state index contributed by atoms with van der Waals surface area (Å²) in [5.41, 5.74) is 0.0216. The Morgan fingerprint density at radius 1 is 1.00 bits per heavy atom. The molecule has 1 heterocycles. The van der Waals surface area contributed by atoms with Crippen LogP contribution in [0.2, 0.25) is 0 Å². The average Bonchev–Trinajstić information content (AvgIpc) is 2.85. The number of carboxylic acid groups (broad SMARTS) is 2. The number of aromatic carboxylic acids is 1. The van der Waals surface area contributed by atoms with E-state index in [1.807, 2.05) is 0 Å². The quantitative estimate of drug-likeness (QED) is 0.435. The molecule has 0 radical (unpaired) electrons. The Hall–Kier alpha value is -4.15. The number of piperazine rings is 1. The smallest absolute Gasteiger partial charge is 0.478 e. The molecule has 0 bridgehead atoms. The van der Waals surface area contributed by atoms with Crippen LogP contribution in [0.5, 0.6) is 0 Å². The van der Waals surface area contributed by atoms with Crippen molar-refractivity contribution in [2.24, 2.45) is 0 Å². The Bertz CT molecular complexity index is 1330. The highest BCUT2D eigenvalue weighted by atomic mass is 32.2. The number of benzene rings is 2. The van der Waals surface area contributed by atoms with Crippen molar-refractivity contribution in [3.8, 4) is 0 Å². The van der Waals surface area contributed by atoms with Gasteiger partial charge in [-0.1, -0.05) is 0 Å². The molecule has 39 heavy (non-hydrogen) atoms. The molecule has 3 rings (SSSR count). The summed E-state index contributed by atoms with van der Waals surface area (Å²) in [7, 11) is -4.57. The molecule has 1 amide bonds. The van der Waals surface area contributed by atoms with Crippen LogP contribution in [0.1, 0.15) is 17.3 Å². The van der Waals surface area contributed by atoms with E-state index < -0.39 is 50.8 Å². The summed E-state index contributed by atoms with van der Waals surface area (Å²) in [6.07, 6.45) is -5.55. The Morgan fingerprint density at radius 3 is 2.10 bits per heavy atom. The summed E-state index contributed by atoms with van der Waals surface area (Å²) < 4.78 is 92.0. The third kappa shape index (κ3) is 8.42. The maximum atomic E-state index is 14.1. The molecule has 2 aromatic carbocycles. The molecule has 214 valence electrons. The van der Waals surface area contributed by atoms with Crippen LogP contribution >= 0.6 is 0 Å². The molecule has 0 aliphatic carbocycles. The fourth-order valence-corrected chi connectivity index (χ4v) is 4.41. The zero-order valence-electron chi connectivity index (χ0n) is 20.0. The fraction of sp³-hybridized carbons (Fsp3) is 0.318. The molecular formula is C22H22F5N3O8S. The van der Waals surface area contributed by atoms with Gasteiger partial charge in [-0.15, -0.1) is 0 Å². The minimum absolute atomic E-state index is 0.113. The first-order valence-corrected chi connectivity index (χ1v) is 12.4. The molecule has 1 fully saturated rings. The SMILES string of the molecule is CCOC(=O)N1CCN(c2ccc(C(=O)O)cc2NS(=O)(=O)c2cc(F)ccc2F)CC1.O=C(O)C(F)(F)F. The number of sulfonamides is 1.